The predicted molar refractivity (Wildman–Crippen MR) is 141 cm³/mol. The maximum Gasteiger partial charge on any atom is 0.295 e. The minimum atomic E-state index is -0.982. The van der Waals surface area contributed by atoms with Gasteiger partial charge in [-0.15, -0.1) is 0 Å². The first kappa shape index (κ1) is 26.6. The SMILES string of the molecule is COCCCN1C(=O)C(=O)/C(=C(\O)c2ccc(OCc3cccc(C)c3)cc2)C1c1cccc([N+](=O)[O-])c1. The summed E-state index contributed by atoms with van der Waals surface area (Å²) in [4.78, 5) is 38.3. The summed E-state index contributed by atoms with van der Waals surface area (Å²) in [6, 6.07) is 19.2. The predicted octanol–water partition coefficient (Wildman–Crippen LogP) is 4.94. The average Bonchev–Trinajstić information content (AvgIpc) is 3.17. The molecule has 1 heterocycles. The van der Waals surface area contributed by atoms with E-state index in [0.29, 0.717) is 36.5 Å². The van der Waals surface area contributed by atoms with E-state index in [9.17, 15) is 24.8 Å². The lowest BCUT2D eigenvalue weighted by Gasteiger charge is -2.25. The fraction of sp³-hybridized carbons (Fsp3) is 0.241. The van der Waals surface area contributed by atoms with E-state index in [4.69, 9.17) is 9.47 Å². The van der Waals surface area contributed by atoms with E-state index in [2.05, 4.69) is 0 Å². The van der Waals surface area contributed by atoms with Crippen LogP contribution in [0, 0.1) is 17.0 Å². The molecule has 0 aromatic heterocycles. The van der Waals surface area contributed by atoms with E-state index in [1.165, 1.54) is 30.2 Å². The van der Waals surface area contributed by atoms with Crippen molar-refractivity contribution in [1.29, 1.82) is 0 Å². The van der Waals surface area contributed by atoms with E-state index in [-0.39, 0.29) is 23.6 Å². The molecule has 4 rings (SSSR count). The topological polar surface area (TPSA) is 119 Å². The summed E-state index contributed by atoms with van der Waals surface area (Å²) in [5.41, 5.74) is 2.51. The van der Waals surface area contributed by atoms with Crippen molar-refractivity contribution in [2.75, 3.05) is 20.3 Å². The number of likely N-dealkylation sites (tertiary alicyclic amines) is 1. The molecule has 9 nitrogen and oxygen atoms in total. The van der Waals surface area contributed by atoms with Crippen LogP contribution in [0.5, 0.6) is 5.75 Å². The molecule has 3 aromatic carbocycles. The Morgan fingerprint density at radius 2 is 1.79 bits per heavy atom. The van der Waals surface area contributed by atoms with Crippen LogP contribution in [-0.4, -0.2) is 46.9 Å². The van der Waals surface area contributed by atoms with Gasteiger partial charge in [-0.3, -0.25) is 19.7 Å². The summed E-state index contributed by atoms with van der Waals surface area (Å²) in [5.74, 6) is -1.42. The Morgan fingerprint density at radius 3 is 2.47 bits per heavy atom. The number of methoxy groups -OCH3 is 1. The number of benzene rings is 3. The maximum atomic E-state index is 13.1. The first-order valence-corrected chi connectivity index (χ1v) is 12.1. The van der Waals surface area contributed by atoms with Crippen LogP contribution < -0.4 is 4.74 Å². The van der Waals surface area contributed by atoms with E-state index < -0.39 is 22.7 Å². The molecule has 1 saturated heterocycles. The smallest absolute Gasteiger partial charge is 0.295 e. The van der Waals surface area contributed by atoms with Gasteiger partial charge in [0, 0.05) is 38.0 Å². The Bertz CT molecular complexity index is 1380. The third-order valence-electron chi connectivity index (χ3n) is 6.30. The maximum absolute atomic E-state index is 13.1. The van der Waals surface area contributed by atoms with Crippen LogP contribution >= 0.6 is 0 Å². The highest BCUT2D eigenvalue weighted by atomic mass is 16.6. The monoisotopic (exact) mass is 516 g/mol. The van der Waals surface area contributed by atoms with Crippen molar-refractivity contribution < 1.29 is 29.1 Å². The minimum Gasteiger partial charge on any atom is -0.507 e. The molecular weight excluding hydrogens is 488 g/mol. The van der Waals surface area contributed by atoms with Gasteiger partial charge in [0.05, 0.1) is 16.5 Å². The third kappa shape index (κ3) is 5.73. The lowest BCUT2D eigenvalue weighted by atomic mass is 9.95. The second-order valence-electron chi connectivity index (χ2n) is 8.99. The molecule has 0 aliphatic carbocycles. The molecule has 0 saturated carbocycles. The molecule has 38 heavy (non-hydrogen) atoms. The summed E-state index contributed by atoms with van der Waals surface area (Å²) < 4.78 is 10.9. The second-order valence-corrected chi connectivity index (χ2v) is 8.99. The van der Waals surface area contributed by atoms with Crippen LogP contribution in [0.25, 0.3) is 5.76 Å². The highest BCUT2D eigenvalue weighted by Gasteiger charge is 2.46. The van der Waals surface area contributed by atoms with Crippen LogP contribution in [0.1, 0.15) is 34.7 Å². The fourth-order valence-electron chi connectivity index (χ4n) is 4.48. The number of nitro benzene ring substituents is 1. The summed E-state index contributed by atoms with van der Waals surface area (Å²) in [7, 11) is 1.53. The zero-order chi connectivity index (χ0) is 27.2. The van der Waals surface area contributed by atoms with Crippen molar-refractivity contribution in [3.05, 3.63) is 111 Å². The van der Waals surface area contributed by atoms with Gasteiger partial charge in [-0.1, -0.05) is 42.0 Å². The van der Waals surface area contributed by atoms with Crippen LogP contribution in [0.4, 0.5) is 5.69 Å². The number of aliphatic hydroxyl groups is 1. The molecule has 196 valence electrons. The molecule has 1 aliphatic heterocycles. The number of Topliss-reactive ketones (excluding diaryl/α,β-unsaturated/α-hetero) is 1. The number of rotatable bonds is 10. The van der Waals surface area contributed by atoms with Crippen molar-refractivity contribution in [2.45, 2.75) is 26.0 Å². The Balaban J connectivity index is 1.67. The van der Waals surface area contributed by atoms with Gasteiger partial charge in [0.2, 0.25) is 0 Å². The number of non-ortho nitro benzene ring substituents is 1. The number of nitro groups is 1. The normalized spacial score (nSPS) is 16.6. The van der Waals surface area contributed by atoms with E-state index >= 15 is 0 Å². The number of hydrogen-bond acceptors (Lipinski definition) is 7. The second kappa shape index (κ2) is 11.7. The number of carbonyl (C=O) groups excluding carboxylic acids is 2. The average molecular weight is 517 g/mol. The standard InChI is InChI=1S/C29H28N2O7/c1-19-6-3-7-20(16-19)18-38-24-12-10-21(11-13-24)27(32)25-26(22-8-4-9-23(17-22)31(35)36)30(14-5-15-37-2)29(34)28(25)33/h3-4,6-13,16-17,26,32H,5,14-15,18H2,1-2H3/b27-25-. The van der Waals surface area contributed by atoms with E-state index in [1.54, 1.807) is 30.3 Å². The van der Waals surface area contributed by atoms with Gasteiger partial charge in [-0.2, -0.15) is 0 Å². The third-order valence-corrected chi connectivity index (χ3v) is 6.30. The number of carbonyl (C=O) groups is 2. The Morgan fingerprint density at radius 1 is 1.05 bits per heavy atom. The van der Waals surface area contributed by atoms with Crippen LogP contribution in [-0.2, 0) is 20.9 Å². The number of ether oxygens (including phenoxy) is 2. The van der Waals surface area contributed by atoms with Crippen molar-refractivity contribution in [2.24, 2.45) is 0 Å². The zero-order valence-corrected chi connectivity index (χ0v) is 21.1. The summed E-state index contributed by atoms with van der Waals surface area (Å²) >= 11 is 0. The summed E-state index contributed by atoms with van der Waals surface area (Å²) in [6.07, 6.45) is 0.446. The van der Waals surface area contributed by atoms with Gasteiger partial charge in [0.1, 0.15) is 18.1 Å². The number of nitrogens with zero attached hydrogens (tertiary/aromatic N) is 2. The molecule has 1 N–H and O–H groups in total. The van der Waals surface area contributed by atoms with Crippen molar-refractivity contribution in [3.63, 3.8) is 0 Å². The summed E-state index contributed by atoms with van der Waals surface area (Å²) in [5, 5.41) is 22.6. The molecule has 0 radical (unpaired) electrons. The highest BCUT2D eigenvalue weighted by molar-refractivity contribution is 6.46. The lowest BCUT2D eigenvalue weighted by Crippen LogP contribution is -2.31. The van der Waals surface area contributed by atoms with E-state index in [0.717, 1.165) is 11.1 Å². The highest BCUT2D eigenvalue weighted by Crippen LogP contribution is 2.40. The Hall–Kier alpha value is -4.50. The number of hydrogen-bond donors (Lipinski definition) is 1. The molecule has 1 atom stereocenters. The van der Waals surface area contributed by atoms with Gasteiger partial charge in [0.15, 0.2) is 0 Å². The van der Waals surface area contributed by atoms with Crippen LogP contribution in [0.3, 0.4) is 0 Å². The molecule has 0 bridgehead atoms. The number of aliphatic hydroxyl groups excluding tert-OH is 1. The lowest BCUT2D eigenvalue weighted by molar-refractivity contribution is -0.384. The van der Waals surface area contributed by atoms with Gasteiger partial charge in [-0.25, -0.2) is 0 Å². The van der Waals surface area contributed by atoms with Crippen LogP contribution in [0.15, 0.2) is 78.4 Å². The van der Waals surface area contributed by atoms with Crippen molar-refractivity contribution >= 4 is 23.1 Å². The zero-order valence-electron chi connectivity index (χ0n) is 21.1. The molecule has 1 unspecified atom stereocenters. The van der Waals surface area contributed by atoms with Crippen LogP contribution in [0.2, 0.25) is 0 Å². The number of aryl methyl sites for hydroxylation is 1. The number of ketones is 1. The van der Waals surface area contributed by atoms with Gasteiger partial charge >= 0.3 is 0 Å². The quantitative estimate of drug-likeness (QED) is 0.101. The minimum absolute atomic E-state index is 0.124. The molecule has 3 aromatic rings. The van der Waals surface area contributed by atoms with Crippen molar-refractivity contribution in [3.8, 4) is 5.75 Å². The van der Waals surface area contributed by atoms with Crippen molar-refractivity contribution in [1.82, 2.24) is 4.90 Å². The van der Waals surface area contributed by atoms with Gasteiger partial charge in [-0.05, 0) is 48.7 Å². The Labute approximate surface area is 220 Å². The fourth-order valence-corrected chi connectivity index (χ4v) is 4.48. The molecule has 9 heteroatoms. The van der Waals surface area contributed by atoms with Gasteiger partial charge in [0.25, 0.3) is 17.4 Å². The first-order chi connectivity index (χ1) is 18.3. The molecule has 1 aliphatic rings. The molecule has 1 fully saturated rings. The largest absolute Gasteiger partial charge is 0.507 e. The van der Waals surface area contributed by atoms with Gasteiger partial charge < -0.3 is 19.5 Å². The molecular formula is C29H28N2O7. The molecule has 1 amide bonds. The number of amides is 1. The first-order valence-electron chi connectivity index (χ1n) is 12.1. The Kier molecular flexibility index (Phi) is 8.18. The molecule has 0 spiro atoms. The summed E-state index contributed by atoms with van der Waals surface area (Å²) in [6.45, 7) is 2.90. The van der Waals surface area contributed by atoms with E-state index in [1.807, 2.05) is 31.2 Å².